The standard InChI is InChI=1S/C23H29N3O5S/c1-16-8-9-19(32(29,30)24-2)15-20(16)23(28)25-18-10-12-26(13-11-18)22(27)14-17-6-4-5-7-21(17)31-3/h4-9,15,18,24H,10-14H2,1-3H3,(H,25,28). The number of sulfonamides is 1. The molecule has 172 valence electrons. The van der Waals surface area contributed by atoms with Crippen LogP contribution >= 0.6 is 0 Å². The van der Waals surface area contributed by atoms with E-state index in [2.05, 4.69) is 10.0 Å². The van der Waals surface area contributed by atoms with Crippen molar-refractivity contribution < 1.29 is 22.7 Å². The first-order valence-corrected chi connectivity index (χ1v) is 12.0. The third-order valence-electron chi connectivity index (χ3n) is 5.75. The average molecular weight is 460 g/mol. The Hall–Kier alpha value is -2.91. The highest BCUT2D eigenvalue weighted by molar-refractivity contribution is 7.89. The fourth-order valence-corrected chi connectivity index (χ4v) is 4.55. The molecule has 8 nitrogen and oxygen atoms in total. The summed E-state index contributed by atoms with van der Waals surface area (Å²) < 4.78 is 31.7. The van der Waals surface area contributed by atoms with E-state index in [1.54, 1.807) is 25.0 Å². The van der Waals surface area contributed by atoms with Crippen molar-refractivity contribution in [3.8, 4) is 5.75 Å². The Morgan fingerprint density at radius 3 is 2.47 bits per heavy atom. The van der Waals surface area contributed by atoms with Crippen molar-refractivity contribution in [3.63, 3.8) is 0 Å². The first kappa shape index (κ1) is 23.7. The van der Waals surface area contributed by atoms with Crippen molar-refractivity contribution in [3.05, 3.63) is 59.2 Å². The molecule has 0 atom stereocenters. The molecule has 3 rings (SSSR count). The highest BCUT2D eigenvalue weighted by atomic mass is 32.2. The first-order chi connectivity index (χ1) is 15.2. The number of nitrogens with zero attached hydrogens (tertiary/aromatic N) is 1. The average Bonchev–Trinajstić information content (AvgIpc) is 2.80. The molecule has 0 unspecified atom stereocenters. The van der Waals surface area contributed by atoms with E-state index in [1.165, 1.54) is 19.2 Å². The number of benzene rings is 2. The van der Waals surface area contributed by atoms with Crippen LogP contribution in [0.2, 0.25) is 0 Å². The molecule has 2 amide bonds. The molecule has 0 aliphatic carbocycles. The molecular formula is C23H29N3O5S. The normalized spacial score (nSPS) is 14.8. The molecule has 1 aliphatic heterocycles. The zero-order valence-electron chi connectivity index (χ0n) is 18.6. The maximum atomic E-state index is 12.8. The molecule has 1 saturated heterocycles. The second-order valence-electron chi connectivity index (χ2n) is 7.80. The van der Waals surface area contributed by atoms with Gasteiger partial charge in [-0.2, -0.15) is 0 Å². The Morgan fingerprint density at radius 2 is 1.81 bits per heavy atom. The molecule has 1 aliphatic rings. The first-order valence-electron chi connectivity index (χ1n) is 10.5. The number of hydrogen-bond acceptors (Lipinski definition) is 5. The lowest BCUT2D eigenvalue weighted by Crippen LogP contribution is -2.47. The zero-order chi connectivity index (χ0) is 23.3. The summed E-state index contributed by atoms with van der Waals surface area (Å²) in [6.07, 6.45) is 1.54. The zero-order valence-corrected chi connectivity index (χ0v) is 19.4. The molecule has 1 heterocycles. The van der Waals surface area contributed by atoms with E-state index in [1.807, 2.05) is 24.3 Å². The van der Waals surface area contributed by atoms with Crippen molar-refractivity contribution in [1.82, 2.24) is 14.9 Å². The number of amides is 2. The Balaban J connectivity index is 1.59. The molecule has 0 saturated carbocycles. The minimum atomic E-state index is -3.63. The topological polar surface area (TPSA) is 105 Å². The second-order valence-corrected chi connectivity index (χ2v) is 9.69. The van der Waals surface area contributed by atoms with Gasteiger partial charge < -0.3 is 15.0 Å². The summed E-state index contributed by atoms with van der Waals surface area (Å²) >= 11 is 0. The number of hydrogen-bond donors (Lipinski definition) is 2. The van der Waals surface area contributed by atoms with Gasteiger partial charge in [0.2, 0.25) is 15.9 Å². The number of nitrogens with one attached hydrogen (secondary N) is 2. The Bertz CT molecular complexity index is 1090. The predicted octanol–water partition coefficient (Wildman–Crippen LogP) is 1.88. The molecule has 0 bridgehead atoms. The van der Waals surface area contributed by atoms with E-state index in [0.29, 0.717) is 42.8 Å². The maximum absolute atomic E-state index is 12.8. The maximum Gasteiger partial charge on any atom is 0.251 e. The molecule has 2 aromatic carbocycles. The fraction of sp³-hybridized carbons (Fsp3) is 0.391. The van der Waals surface area contributed by atoms with Crippen LogP contribution in [0.25, 0.3) is 0 Å². The van der Waals surface area contributed by atoms with Gasteiger partial charge in [0.15, 0.2) is 0 Å². The lowest BCUT2D eigenvalue weighted by atomic mass is 10.0. The van der Waals surface area contributed by atoms with E-state index in [9.17, 15) is 18.0 Å². The number of carbonyl (C=O) groups excluding carboxylic acids is 2. The summed E-state index contributed by atoms with van der Waals surface area (Å²) in [5.74, 6) is 0.412. The molecule has 32 heavy (non-hydrogen) atoms. The van der Waals surface area contributed by atoms with Crippen molar-refractivity contribution in [2.75, 3.05) is 27.2 Å². The summed E-state index contributed by atoms with van der Waals surface area (Å²) in [7, 11) is -0.717. The summed E-state index contributed by atoms with van der Waals surface area (Å²) in [5.41, 5.74) is 1.88. The Kier molecular flexibility index (Phi) is 7.52. The van der Waals surface area contributed by atoms with Crippen molar-refractivity contribution in [2.45, 2.75) is 37.1 Å². The molecule has 2 aromatic rings. The van der Waals surface area contributed by atoms with Crippen LogP contribution in [0, 0.1) is 6.92 Å². The second kappa shape index (κ2) is 10.1. The third-order valence-corrected chi connectivity index (χ3v) is 7.16. The number of likely N-dealkylation sites (tertiary alicyclic amines) is 1. The van der Waals surface area contributed by atoms with Crippen LogP contribution < -0.4 is 14.8 Å². The van der Waals surface area contributed by atoms with Crippen LogP contribution in [-0.2, 0) is 21.2 Å². The van der Waals surface area contributed by atoms with Crippen molar-refractivity contribution in [2.24, 2.45) is 0 Å². The lowest BCUT2D eigenvalue weighted by Gasteiger charge is -2.32. The number of methoxy groups -OCH3 is 1. The lowest BCUT2D eigenvalue weighted by molar-refractivity contribution is -0.131. The van der Waals surface area contributed by atoms with Gasteiger partial charge in [0.05, 0.1) is 18.4 Å². The molecule has 9 heteroatoms. The minimum absolute atomic E-state index is 0.0279. The van der Waals surface area contributed by atoms with Gasteiger partial charge in [-0.1, -0.05) is 24.3 Å². The molecule has 0 aromatic heterocycles. The van der Waals surface area contributed by atoms with Crippen LogP contribution in [0.1, 0.15) is 34.3 Å². The SMILES string of the molecule is CNS(=O)(=O)c1ccc(C)c(C(=O)NC2CCN(C(=O)Cc3ccccc3OC)CC2)c1. The van der Waals surface area contributed by atoms with Gasteiger partial charge in [0.25, 0.3) is 5.91 Å². The van der Waals surface area contributed by atoms with E-state index in [4.69, 9.17) is 4.74 Å². The van der Waals surface area contributed by atoms with Crippen molar-refractivity contribution in [1.29, 1.82) is 0 Å². The van der Waals surface area contributed by atoms with Crippen LogP contribution in [0.4, 0.5) is 0 Å². The monoisotopic (exact) mass is 459 g/mol. The minimum Gasteiger partial charge on any atom is -0.496 e. The van der Waals surface area contributed by atoms with Gasteiger partial charge in [-0.05, 0) is 50.6 Å². The molecule has 1 fully saturated rings. The summed E-state index contributed by atoms with van der Waals surface area (Å²) in [6, 6.07) is 11.9. The van der Waals surface area contributed by atoms with Gasteiger partial charge in [-0.25, -0.2) is 13.1 Å². The Labute approximate surface area is 189 Å². The Morgan fingerprint density at radius 1 is 1.12 bits per heavy atom. The van der Waals surface area contributed by atoms with Gasteiger partial charge in [-0.15, -0.1) is 0 Å². The quantitative estimate of drug-likeness (QED) is 0.658. The highest BCUT2D eigenvalue weighted by Crippen LogP contribution is 2.21. The van der Waals surface area contributed by atoms with E-state index >= 15 is 0 Å². The van der Waals surface area contributed by atoms with Crippen LogP contribution in [0.3, 0.4) is 0 Å². The highest BCUT2D eigenvalue weighted by Gasteiger charge is 2.25. The summed E-state index contributed by atoms with van der Waals surface area (Å²) in [6.45, 7) is 2.86. The van der Waals surface area contributed by atoms with Gasteiger partial charge in [-0.3, -0.25) is 9.59 Å². The van der Waals surface area contributed by atoms with Crippen LogP contribution in [0.15, 0.2) is 47.4 Å². The van der Waals surface area contributed by atoms with Crippen LogP contribution in [0.5, 0.6) is 5.75 Å². The molecule has 2 N–H and O–H groups in total. The number of piperidine rings is 1. The molecule has 0 radical (unpaired) electrons. The van der Waals surface area contributed by atoms with Crippen molar-refractivity contribution >= 4 is 21.8 Å². The van der Waals surface area contributed by atoms with E-state index in [0.717, 1.165) is 5.56 Å². The summed E-state index contributed by atoms with van der Waals surface area (Å²) in [4.78, 5) is 27.4. The number of rotatable bonds is 7. The fourth-order valence-electron chi connectivity index (χ4n) is 3.79. The largest absolute Gasteiger partial charge is 0.496 e. The number of aryl methyl sites for hydroxylation is 1. The number of para-hydroxylation sites is 1. The smallest absolute Gasteiger partial charge is 0.251 e. The van der Waals surface area contributed by atoms with Gasteiger partial charge >= 0.3 is 0 Å². The van der Waals surface area contributed by atoms with Crippen LogP contribution in [-0.4, -0.2) is 58.4 Å². The number of ether oxygens (including phenoxy) is 1. The predicted molar refractivity (Wildman–Crippen MR) is 121 cm³/mol. The van der Waals surface area contributed by atoms with Gasteiger partial charge in [0, 0.05) is 30.3 Å². The summed E-state index contributed by atoms with van der Waals surface area (Å²) in [5, 5.41) is 2.99. The van der Waals surface area contributed by atoms with E-state index in [-0.39, 0.29) is 29.2 Å². The van der Waals surface area contributed by atoms with Gasteiger partial charge in [0.1, 0.15) is 5.75 Å². The molecular weight excluding hydrogens is 430 g/mol. The molecule has 0 spiro atoms. The van der Waals surface area contributed by atoms with E-state index < -0.39 is 10.0 Å². The number of carbonyl (C=O) groups is 2. The third kappa shape index (κ3) is 5.46.